The quantitative estimate of drug-likeness (QED) is 0.781. The Labute approximate surface area is 141 Å². The summed E-state index contributed by atoms with van der Waals surface area (Å²) < 4.78 is 1.67. The van der Waals surface area contributed by atoms with Crippen LogP contribution in [0.3, 0.4) is 0 Å². The van der Waals surface area contributed by atoms with Crippen molar-refractivity contribution in [3.8, 4) is 0 Å². The van der Waals surface area contributed by atoms with Crippen molar-refractivity contribution in [3.63, 3.8) is 0 Å². The largest absolute Gasteiger partial charge is 0.355 e. The maximum Gasteiger partial charge on any atom is 0.252 e. The van der Waals surface area contributed by atoms with Crippen LogP contribution in [0.5, 0.6) is 0 Å². The number of carbonyl (C=O) groups excluding carboxylic acids is 1. The Hall–Kier alpha value is -2.76. The van der Waals surface area contributed by atoms with E-state index >= 15 is 0 Å². The van der Waals surface area contributed by atoms with Gasteiger partial charge in [0.05, 0.1) is 6.42 Å². The van der Waals surface area contributed by atoms with E-state index in [0.717, 1.165) is 11.4 Å². The van der Waals surface area contributed by atoms with Gasteiger partial charge in [-0.15, -0.1) is 5.10 Å². The molecule has 2 heterocycles. The number of aromatic nitrogens is 4. The molecule has 0 fully saturated rings. The molecular weight excluding hydrogens is 302 g/mol. The van der Waals surface area contributed by atoms with E-state index in [4.69, 9.17) is 0 Å². The van der Waals surface area contributed by atoms with Crippen LogP contribution in [0.1, 0.15) is 35.6 Å². The number of aryl methyl sites for hydroxylation is 2. The standard InChI is InChI=1S/C18H21N5O/c1-12(15-7-5-4-6-8-15)11-19-17(24)10-16-21-18-20-13(2)9-14(3)23(18)22-16/h4-9,12H,10-11H2,1-3H3,(H,19,24)/t12-/m0/s1. The molecule has 0 saturated heterocycles. The minimum atomic E-state index is -0.0805. The van der Waals surface area contributed by atoms with Crippen LogP contribution in [0.25, 0.3) is 5.78 Å². The number of amides is 1. The van der Waals surface area contributed by atoms with Gasteiger partial charge in [0.1, 0.15) is 0 Å². The van der Waals surface area contributed by atoms with Gasteiger partial charge in [-0.2, -0.15) is 4.98 Å². The lowest BCUT2D eigenvalue weighted by molar-refractivity contribution is -0.120. The molecule has 0 bridgehead atoms. The van der Waals surface area contributed by atoms with Gasteiger partial charge in [0, 0.05) is 17.9 Å². The maximum atomic E-state index is 12.2. The Morgan fingerprint density at radius 3 is 2.71 bits per heavy atom. The predicted octanol–water partition coefficient (Wildman–Crippen LogP) is 2.20. The fourth-order valence-electron chi connectivity index (χ4n) is 2.66. The smallest absolute Gasteiger partial charge is 0.252 e. The van der Waals surface area contributed by atoms with Crippen LogP contribution in [-0.4, -0.2) is 32.0 Å². The Balaban J connectivity index is 1.62. The Bertz CT molecular complexity index is 856. The molecule has 0 saturated carbocycles. The Kier molecular flexibility index (Phi) is 4.55. The zero-order valence-electron chi connectivity index (χ0n) is 14.2. The van der Waals surface area contributed by atoms with E-state index in [1.807, 2.05) is 38.1 Å². The van der Waals surface area contributed by atoms with Crippen LogP contribution in [0.2, 0.25) is 0 Å². The number of benzene rings is 1. The highest BCUT2D eigenvalue weighted by Crippen LogP contribution is 2.13. The molecule has 1 N–H and O–H groups in total. The first-order valence-corrected chi connectivity index (χ1v) is 8.04. The lowest BCUT2D eigenvalue weighted by Crippen LogP contribution is -2.29. The zero-order chi connectivity index (χ0) is 17.1. The molecule has 6 heteroatoms. The van der Waals surface area contributed by atoms with Crippen molar-refractivity contribution in [1.29, 1.82) is 0 Å². The lowest BCUT2D eigenvalue weighted by atomic mass is 10.0. The van der Waals surface area contributed by atoms with Crippen molar-refractivity contribution in [3.05, 3.63) is 59.2 Å². The first-order chi connectivity index (χ1) is 11.5. The first kappa shape index (κ1) is 16.1. The van der Waals surface area contributed by atoms with E-state index in [9.17, 15) is 4.79 Å². The number of fused-ring (bicyclic) bond motifs is 1. The van der Waals surface area contributed by atoms with Crippen molar-refractivity contribution < 1.29 is 4.79 Å². The van der Waals surface area contributed by atoms with Gasteiger partial charge < -0.3 is 5.32 Å². The molecule has 1 amide bonds. The average Bonchev–Trinajstić information content (AvgIpc) is 2.96. The molecule has 0 aliphatic heterocycles. The zero-order valence-corrected chi connectivity index (χ0v) is 14.2. The second-order valence-corrected chi connectivity index (χ2v) is 6.07. The van der Waals surface area contributed by atoms with Gasteiger partial charge in [0.2, 0.25) is 5.91 Å². The molecule has 1 atom stereocenters. The third-order valence-electron chi connectivity index (χ3n) is 3.95. The summed E-state index contributed by atoms with van der Waals surface area (Å²) in [4.78, 5) is 20.8. The van der Waals surface area contributed by atoms with E-state index in [1.165, 1.54) is 5.56 Å². The third kappa shape index (κ3) is 3.59. The molecule has 3 aromatic rings. The molecule has 3 rings (SSSR count). The molecule has 0 spiro atoms. The molecule has 6 nitrogen and oxygen atoms in total. The number of hydrogen-bond donors (Lipinski definition) is 1. The normalized spacial score (nSPS) is 12.3. The minimum Gasteiger partial charge on any atom is -0.355 e. The van der Waals surface area contributed by atoms with E-state index in [1.54, 1.807) is 4.52 Å². The predicted molar refractivity (Wildman–Crippen MR) is 91.8 cm³/mol. The van der Waals surface area contributed by atoms with E-state index < -0.39 is 0 Å². The van der Waals surface area contributed by atoms with Gasteiger partial charge >= 0.3 is 0 Å². The monoisotopic (exact) mass is 323 g/mol. The van der Waals surface area contributed by atoms with Gasteiger partial charge in [-0.05, 0) is 31.4 Å². The second-order valence-electron chi connectivity index (χ2n) is 6.07. The summed E-state index contributed by atoms with van der Waals surface area (Å²) in [5, 5.41) is 7.31. The summed E-state index contributed by atoms with van der Waals surface area (Å²) in [5.41, 5.74) is 3.05. The van der Waals surface area contributed by atoms with Crippen LogP contribution in [0.15, 0.2) is 36.4 Å². The Morgan fingerprint density at radius 1 is 1.21 bits per heavy atom. The summed E-state index contributed by atoms with van der Waals surface area (Å²) in [6, 6.07) is 12.1. The number of rotatable bonds is 5. The molecule has 2 aromatic heterocycles. The molecule has 0 aliphatic rings. The molecule has 0 aliphatic carbocycles. The number of nitrogens with zero attached hydrogens (tertiary/aromatic N) is 4. The Morgan fingerprint density at radius 2 is 1.96 bits per heavy atom. The number of nitrogens with one attached hydrogen (secondary N) is 1. The summed E-state index contributed by atoms with van der Waals surface area (Å²) >= 11 is 0. The fraction of sp³-hybridized carbons (Fsp3) is 0.333. The molecular formula is C18H21N5O. The van der Waals surface area contributed by atoms with Crippen LogP contribution in [-0.2, 0) is 11.2 Å². The second kappa shape index (κ2) is 6.78. The van der Waals surface area contributed by atoms with Crippen molar-refractivity contribution in [2.24, 2.45) is 0 Å². The summed E-state index contributed by atoms with van der Waals surface area (Å²) in [7, 11) is 0. The highest BCUT2D eigenvalue weighted by atomic mass is 16.1. The highest BCUT2D eigenvalue weighted by Gasteiger charge is 2.13. The molecule has 0 radical (unpaired) electrons. The van der Waals surface area contributed by atoms with Gasteiger partial charge in [0.25, 0.3) is 5.78 Å². The SMILES string of the molecule is Cc1cc(C)n2nc(CC(=O)NC[C@H](C)c3ccccc3)nc2n1. The lowest BCUT2D eigenvalue weighted by Gasteiger charge is -2.12. The maximum absolute atomic E-state index is 12.2. The number of hydrogen-bond acceptors (Lipinski definition) is 4. The fourth-order valence-corrected chi connectivity index (χ4v) is 2.66. The van der Waals surface area contributed by atoms with Gasteiger partial charge in [-0.25, -0.2) is 9.50 Å². The van der Waals surface area contributed by atoms with Crippen molar-refractivity contribution in [1.82, 2.24) is 24.9 Å². The van der Waals surface area contributed by atoms with Gasteiger partial charge in [-0.3, -0.25) is 4.79 Å². The molecule has 124 valence electrons. The third-order valence-corrected chi connectivity index (χ3v) is 3.95. The molecule has 1 aromatic carbocycles. The summed E-state index contributed by atoms with van der Waals surface area (Å²) in [6.07, 6.45) is 0.156. The van der Waals surface area contributed by atoms with Crippen molar-refractivity contribution in [2.45, 2.75) is 33.1 Å². The first-order valence-electron chi connectivity index (χ1n) is 8.04. The van der Waals surface area contributed by atoms with Crippen LogP contribution >= 0.6 is 0 Å². The molecule has 0 unspecified atom stereocenters. The van der Waals surface area contributed by atoms with Crippen molar-refractivity contribution in [2.75, 3.05) is 6.54 Å². The minimum absolute atomic E-state index is 0.0805. The van der Waals surface area contributed by atoms with Gasteiger partial charge in [-0.1, -0.05) is 37.3 Å². The highest BCUT2D eigenvalue weighted by molar-refractivity contribution is 5.77. The topological polar surface area (TPSA) is 72.2 Å². The van der Waals surface area contributed by atoms with E-state index in [2.05, 4.69) is 39.4 Å². The van der Waals surface area contributed by atoms with Gasteiger partial charge in [0.15, 0.2) is 5.82 Å². The average molecular weight is 323 g/mol. The van der Waals surface area contributed by atoms with Crippen LogP contribution in [0.4, 0.5) is 0 Å². The number of carbonyl (C=O) groups is 1. The van der Waals surface area contributed by atoms with Crippen molar-refractivity contribution >= 4 is 11.7 Å². The summed E-state index contributed by atoms with van der Waals surface area (Å²) in [6.45, 7) is 6.54. The van der Waals surface area contributed by atoms with Crippen LogP contribution in [0, 0.1) is 13.8 Å². The van der Waals surface area contributed by atoms with E-state index in [0.29, 0.717) is 18.1 Å². The summed E-state index contributed by atoms with van der Waals surface area (Å²) in [5.74, 6) is 1.20. The molecule has 24 heavy (non-hydrogen) atoms. The van der Waals surface area contributed by atoms with Crippen LogP contribution < -0.4 is 5.32 Å². The van der Waals surface area contributed by atoms with E-state index in [-0.39, 0.29) is 18.2 Å².